The van der Waals surface area contributed by atoms with Crippen molar-refractivity contribution < 1.29 is 14.3 Å². The van der Waals surface area contributed by atoms with Crippen molar-refractivity contribution >= 4 is 41.5 Å². The molecule has 1 fully saturated rings. The van der Waals surface area contributed by atoms with Crippen LogP contribution in [0, 0.1) is 0 Å². The summed E-state index contributed by atoms with van der Waals surface area (Å²) in [5.41, 5.74) is 2.08. The highest BCUT2D eigenvalue weighted by atomic mass is 127. The number of hydrogen-bond donors (Lipinski definition) is 3. The van der Waals surface area contributed by atoms with E-state index in [2.05, 4.69) is 27.0 Å². The van der Waals surface area contributed by atoms with Crippen LogP contribution in [0.15, 0.2) is 29.3 Å². The summed E-state index contributed by atoms with van der Waals surface area (Å²) in [6, 6.07) is 7.97. The van der Waals surface area contributed by atoms with Crippen LogP contribution in [0.5, 0.6) is 0 Å². The Morgan fingerprint density at radius 1 is 1.29 bits per heavy atom. The van der Waals surface area contributed by atoms with E-state index in [0.717, 1.165) is 57.3 Å². The predicted molar refractivity (Wildman–Crippen MR) is 122 cm³/mol. The molecule has 2 aliphatic rings. The van der Waals surface area contributed by atoms with Crippen molar-refractivity contribution in [3.8, 4) is 0 Å². The number of para-hydroxylation sites is 1. The first-order valence-corrected chi connectivity index (χ1v) is 9.79. The summed E-state index contributed by atoms with van der Waals surface area (Å²) in [6.45, 7) is 3.82. The molecule has 7 nitrogen and oxygen atoms in total. The molecule has 3 N–H and O–H groups in total. The number of hydrogen-bond acceptors (Lipinski definition) is 4. The van der Waals surface area contributed by atoms with Crippen molar-refractivity contribution in [1.29, 1.82) is 0 Å². The first-order valence-electron chi connectivity index (χ1n) is 9.79. The second kappa shape index (κ2) is 12.2. The zero-order valence-electron chi connectivity index (χ0n) is 16.4. The smallest absolute Gasteiger partial charge is 0.225 e. The lowest BCUT2D eigenvalue weighted by atomic mass is 9.90. The van der Waals surface area contributed by atoms with Gasteiger partial charge in [0.1, 0.15) is 0 Å². The molecule has 1 saturated heterocycles. The Hall–Kier alpha value is -1.39. The lowest BCUT2D eigenvalue weighted by Crippen LogP contribution is -2.41. The summed E-state index contributed by atoms with van der Waals surface area (Å²) in [7, 11) is 1.76. The molecule has 2 heterocycles. The molecule has 8 heteroatoms. The molecular formula is C20H31IN4O3. The molecule has 0 aliphatic carbocycles. The Labute approximate surface area is 184 Å². The number of amides is 1. The van der Waals surface area contributed by atoms with E-state index in [0.29, 0.717) is 19.1 Å². The summed E-state index contributed by atoms with van der Waals surface area (Å²) in [5, 5.41) is 9.59. The van der Waals surface area contributed by atoms with Gasteiger partial charge >= 0.3 is 0 Å². The van der Waals surface area contributed by atoms with Crippen LogP contribution in [0.2, 0.25) is 0 Å². The first kappa shape index (κ1) is 22.9. The maximum Gasteiger partial charge on any atom is 0.225 e. The van der Waals surface area contributed by atoms with Crippen LogP contribution < -0.4 is 16.0 Å². The zero-order chi connectivity index (χ0) is 18.9. The molecule has 156 valence electrons. The standard InChI is InChI=1S/C20H30N4O3.HI/c1-21-20(22-9-4-10-27-16-7-11-26-12-8-16)23-14-15-13-19(25)24-18-6-3-2-5-17(15)18;/h2-3,5-6,15-16H,4,7-14H2,1H3,(H,24,25)(H2,21,22,23);1H. The Kier molecular flexibility index (Phi) is 10.0. The van der Waals surface area contributed by atoms with Crippen LogP contribution in [0.25, 0.3) is 0 Å². The summed E-state index contributed by atoms with van der Waals surface area (Å²) in [5.74, 6) is 0.962. The number of guanidine groups is 1. The fourth-order valence-electron chi connectivity index (χ4n) is 3.50. The van der Waals surface area contributed by atoms with Crippen LogP contribution in [0.1, 0.15) is 37.2 Å². The zero-order valence-corrected chi connectivity index (χ0v) is 18.7. The van der Waals surface area contributed by atoms with Crippen LogP contribution in [0.4, 0.5) is 5.69 Å². The highest BCUT2D eigenvalue weighted by Gasteiger charge is 2.24. The van der Waals surface area contributed by atoms with Crippen molar-refractivity contribution in [2.75, 3.05) is 45.3 Å². The summed E-state index contributed by atoms with van der Waals surface area (Å²) < 4.78 is 11.2. The number of fused-ring (bicyclic) bond motifs is 1. The molecule has 2 aliphatic heterocycles. The number of carbonyl (C=O) groups excluding carboxylic acids is 1. The predicted octanol–water partition coefficient (Wildman–Crippen LogP) is 2.48. The van der Waals surface area contributed by atoms with Gasteiger partial charge in [0, 0.05) is 58.0 Å². The SMILES string of the molecule is CN=C(NCCCOC1CCOCC1)NCC1CC(=O)Nc2ccccc21.I. The van der Waals surface area contributed by atoms with E-state index < -0.39 is 0 Å². The Balaban J connectivity index is 0.00000280. The van der Waals surface area contributed by atoms with Gasteiger partial charge in [0.05, 0.1) is 6.10 Å². The molecule has 0 aromatic heterocycles. The Morgan fingerprint density at radius 2 is 2.07 bits per heavy atom. The minimum absolute atomic E-state index is 0. The summed E-state index contributed by atoms with van der Waals surface area (Å²) in [4.78, 5) is 16.2. The van der Waals surface area contributed by atoms with E-state index in [1.54, 1.807) is 7.05 Å². The van der Waals surface area contributed by atoms with E-state index in [1.807, 2.05) is 18.2 Å². The molecule has 0 spiro atoms. The van der Waals surface area contributed by atoms with Gasteiger partial charge in [0.25, 0.3) is 0 Å². The Bertz CT molecular complexity index is 650. The van der Waals surface area contributed by atoms with E-state index in [-0.39, 0.29) is 35.8 Å². The number of aliphatic imine (C=N–C) groups is 1. The highest BCUT2D eigenvalue weighted by molar-refractivity contribution is 14.0. The van der Waals surface area contributed by atoms with E-state index in [4.69, 9.17) is 9.47 Å². The number of halogens is 1. The normalized spacial score (nSPS) is 20.0. The Morgan fingerprint density at radius 3 is 2.86 bits per heavy atom. The number of nitrogens with one attached hydrogen (secondary N) is 3. The molecule has 0 bridgehead atoms. The van der Waals surface area contributed by atoms with Crippen molar-refractivity contribution in [3.05, 3.63) is 29.8 Å². The van der Waals surface area contributed by atoms with Crippen LogP contribution >= 0.6 is 24.0 Å². The van der Waals surface area contributed by atoms with Gasteiger partial charge in [-0.2, -0.15) is 0 Å². The van der Waals surface area contributed by atoms with E-state index in [1.165, 1.54) is 5.56 Å². The second-order valence-electron chi connectivity index (χ2n) is 6.95. The lowest BCUT2D eigenvalue weighted by molar-refractivity contribution is -0.116. The molecule has 0 saturated carbocycles. The van der Waals surface area contributed by atoms with Gasteiger partial charge in [-0.3, -0.25) is 9.79 Å². The van der Waals surface area contributed by atoms with Crippen LogP contribution in [-0.2, 0) is 14.3 Å². The third kappa shape index (κ3) is 6.89. The number of rotatable bonds is 7. The maximum atomic E-state index is 11.9. The number of nitrogens with zero attached hydrogens (tertiary/aromatic N) is 1. The van der Waals surface area contributed by atoms with Gasteiger partial charge in [-0.25, -0.2) is 0 Å². The third-order valence-corrected chi connectivity index (χ3v) is 4.98. The van der Waals surface area contributed by atoms with Gasteiger partial charge < -0.3 is 25.4 Å². The molecule has 1 aromatic rings. The van der Waals surface area contributed by atoms with Gasteiger partial charge in [0.2, 0.25) is 5.91 Å². The molecule has 28 heavy (non-hydrogen) atoms. The van der Waals surface area contributed by atoms with Gasteiger partial charge in [0.15, 0.2) is 5.96 Å². The monoisotopic (exact) mass is 502 g/mol. The topological polar surface area (TPSA) is 84.0 Å². The minimum Gasteiger partial charge on any atom is -0.381 e. The molecule has 0 radical (unpaired) electrons. The molecule has 1 atom stereocenters. The third-order valence-electron chi connectivity index (χ3n) is 4.98. The van der Waals surface area contributed by atoms with E-state index >= 15 is 0 Å². The number of anilines is 1. The first-order chi connectivity index (χ1) is 13.3. The van der Waals surface area contributed by atoms with Crippen molar-refractivity contribution in [2.24, 2.45) is 4.99 Å². The quantitative estimate of drug-likeness (QED) is 0.231. The number of benzene rings is 1. The van der Waals surface area contributed by atoms with Gasteiger partial charge in [-0.15, -0.1) is 24.0 Å². The average Bonchev–Trinajstić information content (AvgIpc) is 2.70. The molecule has 1 amide bonds. The minimum atomic E-state index is 0. The number of carbonyl (C=O) groups is 1. The fourth-order valence-corrected chi connectivity index (χ4v) is 3.50. The van der Waals surface area contributed by atoms with Crippen molar-refractivity contribution in [1.82, 2.24) is 10.6 Å². The fraction of sp³-hybridized carbons (Fsp3) is 0.600. The van der Waals surface area contributed by atoms with Crippen molar-refractivity contribution in [3.63, 3.8) is 0 Å². The van der Waals surface area contributed by atoms with Crippen LogP contribution in [0.3, 0.4) is 0 Å². The van der Waals surface area contributed by atoms with Crippen molar-refractivity contribution in [2.45, 2.75) is 37.7 Å². The van der Waals surface area contributed by atoms with Gasteiger partial charge in [-0.1, -0.05) is 18.2 Å². The second-order valence-corrected chi connectivity index (χ2v) is 6.95. The lowest BCUT2D eigenvalue weighted by Gasteiger charge is -2.26. The summed E-state index contributed by atoms with van der Waals surface area (Å²) in [6.07, 6.45) is 3.74. The largest absolute Gasteiger partial charge is 0.381 e. The molecular weight excluding hydrogens is 471 g/mol. The molecule has 1 aromatic carbocycles. The summed E-state index contributed by atoms with van der Waals surface area (Å²) >= 11 is 0. The van der Waals surface area contributed by atoms with Gasteiger partial charge in [-0.05, 0) is 30.9 Å². The number of ether oxygens (including phenoxy) is 2. The molecule has 3 rings (SSSR count). The maximum absolute atomic E-state index is 11.9. The molecule has 1 unspecified atom stereocenters. The average molecular weight is 502 g/mol. The van der Waals surface area contributed by atoms with E-state index in [9.17, 15) is 4.79 Å². The van der Waals surface area contributed by atoms with Crippen LogP contribution in [-0.4, -0.2) is 57.9 Å². The highest BCUT2D eigenvalue weighted by Crippen LogP contribution is 2.31.